The normalized spacial score (nSPS) is 20.8. The number of hydrogen-bond donors (Lipinski definition) is 0. The molecular weight excluding hydrogens is 278 g/mol. The first-order valence-corrected chi connectivity index (χ1v) is 7.17. The number of pyridine rings is 1. The van der Waals surface area contributed by atoms with E-state index in [2.05, 4.69) is 38.1 Å². The van der Waals surface area contributed by atoms with Crippen molar-refractivity contribution in [1.82, 2.24) is 14.6 Å². The maximum Gasteiger partial charge on any atom is 0.157 e. The molecule has 2 aliphatic carbocycles. The van der Waals surface area contributed by atoms with Gasteiger partial charge in [0.1, 0.15) is 4.60 Å². The van der Waals surface area contributed by atoms with Crippen molar-refractivity contribution in [2.45, 2.75) is 43.9 Å². The average molecular weight is 292 g/mol. The van der Waals surface area contributed by atoms with Crippen LogP contribution in [0.2, 0.25) is 0 Å². The van der Waals surface area contributed by atoms with Crippen LogP contribution in [0.3, 0.4) is 0 Å². The summed E-state index contributed by atoms with van der Waals surface area (Å²) in [7, 11) is 0. The molecule has 0 aliphatic heterocycles. The van der Waals surface area contributed by atoms with Gasteiger partial charge in [0.15, 0.2) is 11.5 Å². The standard InChI is InChI=1S/C13H14BrN3/c14-11-6-10(8-4-5-8)7-12-15-13(16-17(11)12)9-2-1-3-9/h6-9H,1-5H2. The van der Waals surface area contributed by atoms with E-state index < -0.39 is 0 Å². The summed E-state index contributed by atoms with van der Waals surface area (Å²) in [5.41, 5.74) is 2.42. The lowest BCUT2D eigenvalue weighted by Gasteiger charge is -2.21. The van der Waals surface area contributed by atoms with Crippen LogP contribution in [-0.4, -0.2) is 14.6 Å². The summed E-state index contributed by atoms with van der Waals surface area (Å²) in [5, 5.41) is 4.61. The molecule has 2 heterocycles. The van der Waals surface area contributed by atoms with Crippen molar-refractivity contribution in [2.75, 3.05) is 0 Å². The first kappa shape index (κ1) is 10.1. The highest BCUT2D eigenvalue weighted by molar-refractivity contribution is 9.10. The molecule has 0 bridgehead atoms. The molecule has 0 aromatic carbocycles. The van der Waals surface area contributed by atoms with Gasteiger partial charge in [-0.15, -0.1) is 5.10 Å². The Labute approximate surface area is 108 Å². The van der Waals surface area contributed by atoms with Gasteiger partial charge in [-0.2, -0.15) is 0 Å². The summed E-state index contributed by atoms with van der Waals surface area (Å²) in [6, 6.07) is 4.40. The second kappa shape index (κ2) is 3.55. The summed E-state index contributed by atoms with van der Waals surface area (Å²) in [6.07, 6.45) is 6.49. The van der Waals surface area contributed by atoms with Crippen molar-refractivity contribution in [3.63, 3.8) is 0 Å². The fraction of sp³-hybridized carbons (Fsp3) is 0.538. The van der Waals surface area contributed by atoms with E-state index in [4.69, 9.17) is 0 Å². The summed E-state index contributed by atoms with van der Waals surface area (Å²) < 4.78 is 2.97. The fourth-order valence-electron chi connectivity index (χ4n) is 2.47. The van der Waals surface area contributed by atoms with Crippen LogP contribution in [0.1, 0.15) is 55.3 Å². The van der Waals surface area contributed by atoms with Crippen molar-refractivity contribution in [3.8, 4) is 0 Å². The molecule has 0 N–H and O–H groups in total. The molecule has 0 radical (unpaired) electrons. The number of hydrogen-bond acceptors (Lipinski definition) is 2. The molecule has 2 aliphatic rings. The topological polar surface area (TPSA) is 30.2 Å². The largest absolute Gasteiger partial charge is 0.212 e. The van der Waals surface area contributed by atoms with Gasteiger partial charge >= 0.3 is 0 Å². The van der Waals surface area contributed by atoms with Crippen LogP contribution >= 0.6 is 15.9 Å². The number of aromatic nitrogens is 3. The minimum absolute atomic E-state index is 0.603. The molecule has 17 heavy (non-hydrogen) atoms. The van der Waals surface area contributed by atoms with E-state index >= 15 is 0 Å². The molecule has 0 spiro atoms. The smallest absolute Gasteiger partial charge is 0.157 e. The van der Waals surface area contributed by atoms with Gasteiger partial charge in [0.2, 0.25) is 0 Å². The van der Waals surface area contributed by atoms with E-state index in [1.54, 1.807) is 0 Å². The summed E-state index contributed by atoms with van der Waals surface area (Å²) in [4.78, 5) is 4.69. The maximum atomic E-state index is 4.69. The average Bonchev–Trinajstić information content (AvgIpc) is 2.98. The van der Waals surface area contributed by atoms with Gasteiger partial charge in [-0.1, -0.05) is 6.42 Å². The molecule has 3 nitrogen and oxygen atoms in total. The molecule has 0 unspecified atom stereocenters. The highest BCUT2D eigenvalue weighted by Crippen LogP contribution is 2.41. The summed E-state index contributed by atoms with van der Waals surface area (Å²) in [5.74, 6) is 2.40. The lowest BCUT2D eigenvalue weighted by molar-refractivity contribution is 0.401. The van der Waals surface area contributed by atoms with Gasteiger partial charge in [0, 0.05) is 5.92 Å². The lowest BCUT2D eigenvalue weighted by atomic mass is 9.85. The Morgan fingerprint density at radius 1 is 1.12 bits per heavy atom. The van der Waals surface area contributed by atoms with Gasteiger partial charge in [-0.25, -0.2) is 9.50 Å². The minimum Gasteiger partial charge on any atom is -0.212 e. The molecule has 2 aromatic heterocycles. The number of nitrogens with zero attached hydrogens (tertiary/aromatic N) is 3. The Morgan fingerprint density at radius 2 is 1.94 bits per heavy atom. The number of rotatable bonds is 2. The van der Waals surface area contributed by atoms with Crippen LogP contribution in [0.5, 0.6) is 0 Å². The highest BCUT2D eigenvalue weighted by atomic mass is 79.9. The van der Waals surface area contributed by atoms with Crippen LogP contribution in [0, 0.1) is 0 Å². The predicted octanol–water partition coefficient (Wildman–Crippen LogP) is 3.64. The van der Waals surface area contributed by atoms with Crippen molar-refractivity contribution in [3.05, 3.63) is 28.1 Å². The van der Waals surface area contributed by atoms with Crippen molar-refractivity contribution in [1.29, 1.82) is 0 Å². The van der Waals surface area contributed by atoms with Gasteiger partial charge in [0.25, 0.3) is 0 Å². The molecule has 88 valence electrons. The monoisotopic (exact) mass is 291 g/mol. The third kappa shape index (κ3) is 1.61. The van der Waals surface area contributed by atoms with E-state index in [1.165, 1.54) is 37.7 Å². The zero-order valence-electron chi connectivity index (χ0n) is 9.56. The zero-order chi connectivity index (χ0) is 11.4. The fourth-order valence-corrected chi connectivity index (χ4v) is 3.00. The second-order valence-corrected chi connectivity index (χ2v) is 6.07. The van der Waals surface area contributed by atoms with E-state index in [1.807, 2.05) is 4.52 Å². The molecule has 0 saturated heterocycles. The Hall–Kier alpha value is -0.900. The molecule has 2 saturated carbocycles. The molecule has 0 amide bonds. The van der Waals surface area contributed by atoms with E-state index in [0.29, 0.717) is 5.92 Å². The van der Waals surface area contributed by atoms with E-state index in [9.17, 15) is 0 Å². The van der Waals surface area contributed by atoms with Crippen molar-refractivity contribution >= 4 is 21.6 Å². The summed E-state index contributed by atoms with van der Waals surface area (Å²) >= 11 is 3.61. The third-order valence-electron chi connectivity index (χ3n) is 3.95. The first-order chi connectivity index (χ1) is 8.31. The maximum absolute atomic E-state index is 4.69. The van der Waals surface area contributed by atoms with Gasteiger partial charge in [-0.05, 0) is 65.2 Å². The lowest BCUT2D eigenvalue weighted by Crippen LogP contribution is -2.10. The third-order valence-corrected chi connectivity index (χ3v) is 4.52. The van der Waals surface area contributed by atoms with Crippen LogP contribution < -0.4 is 0 Å². The number of fused-ring (bicyclic) bond motifs is 1. The van der Waals surface area contributed by atoms with Gasteiger partial charge in [-0.3, -0.25) is 0 Å². The van der Waals surface area contributed by atoms with Crippen LogP contribution in [0.15, 0.2) is 16.7 Å². The Kier molecular flexibility index (Phi) is 2.10. The highest BCUT2D eigenvalue weighted by Gasteiger charge is 2.27. The second-order valence-electron chi connectivity index (χ2n) is 5.25. The molecule has 2 aromatic rings. The van der Waals surface area contributed by atoms with E-state index in [-0.39, 0.29) is 0 Å². The Bertz CT molecular complexity index is 582. The molecule has 0 atom stereocenters. The quantitative estimate of drug-likeness (QED) is 0.791. The Morgan fingerprint density at radius 3 is 2.59 bits per heavy atom. The molecule has 4 rings (SSSR count). The van der Waals surface area contributed by atoms with Crippen LogP contribution in [0.4, 0.5) is 0 Å². The first-order valence-electron chi connectivity index (χ1n) is 6.37. The van der Waals surface area contributed by atoms with Gasteiger partial charge < -0.3 is 0 Å². The van der Waals surface area contributed by atoms with Crippen molar-refractivity contribution < 1.29 is 0 Å². The van der Waals surface area contributed by atoms with Crippen LogP contribution in [0.25, 0.3) is 5.65 Å². The molecule has 4 heteroatoms. The summed E-state index contributed by atoms with van der Waals surface area (Å²) in [6.45, 7) is 0. The minimum atomic E-state index is 0.603. The van der Waals surface area contributed by atoms with Crippen LogP contribution in [-0.2, 0) is 0 Å². The van der Waals surface area contributed by atoms with Gasteiger partial charge in [0.05, 0.1) is 0 Å². The van der Waals surface area contributed by atoms with Crippen molar-refractivity contribution in [2.24, 2.45) is 0 Å². The van der Waals surface area contributed by atoms with E-state index in [0.717, 1.165) is 22.0 Å². The molecular formula is C13H14BrN3. The number of halogens is 1. The SMILES string of the molecule is Brc1cc(C2CC2)cc2nc(C3CCC3)nn12. The Balaban J connectivity index is 1.84. The predicted molar refractivity (Wildman–Crippen MR) is 69.3 cm³/mol. The molecule has 2 fully saturated rings. The zero-order valence-corrected chi connectivity index (χ0v) is 11.2.